The first-order valence-corrected chi connectivity index (χ1v) is 9.26. The Balaban J connectivity index is 1.92. The Labute approximate surface area is 152 Å². The maximum atomic E-state index is 4.32. The minimum absolute atomic E-state index is 0.943. The summed E-state index contributed by atoms with van der Waals surface area (Å²) in [5.74, 6) is 0.943. The van der Waals surface area contributed by atoms with Crippen molar-refractivity contribution >= 4 is 24.4 Å². The second-order valence-corrected chi connectivity index (χ2v) is 6.34. The maximum absolute atomic E-state index is 4.32. The van der Waals surface area contributed by atoms with Crippen molar-refractivity contribution in [2.24, 2.45) is 0 Å². The molecule has 1 aliphatic rings. The molecule has 0 saturated carbocycles. The van der Waals surface area contributed by atoms with E-state index in [2.05, 4.69) is 83.2 Å². The van der Waals surface area contributed by atoms with Crippen molar-refractivity contribution in [3.05, 3.63) is 59.8 Å². The van der Waals surface area contributed by atoms with Crippen LogP contribution in [0.1, 0.15) is 12.5 Å². The van der Waals surface area contributed by atoms with Gasteiger partial charge in [-0.3, -0.25) is 4.90 Å². The zero-order chi connectivity index (χ0) is 17.2. The largest absolute Gasteiger partial charge is 0.394 e. The van der Waals surface area contributed by atoms with Gasteiger partial charge >= 0.3 is 0 Å². The van der Waals surface area contributed by atoms with Crippen LogP contribution in [0.4, 0.5) is 5.69 Å². The van der Waals surface area contributed by atoms with Crippen LogP contribution in [0.2, 0.25) is 0 Å². The lowest BCUT2D eigenvalue weighted by atomic mass is 10.1. The molecule has 1 saturated heterocycles. The Hall–Kier alpha value is -1.65. The second-order valence-electron chi connectivity index (χ2n) is 5.89. The molecule has 3 nitrogen and oxygen atoms in total. The van der Waals surface area contributed by atoms with Crippen LogP contribution in [-0.4, -0.2) is 50.4 Å². The molecule has 0 unspecified atom stereocenters. The first-order valence-electron chi connectivity index (χ1n) is 8.63. The van der Waals surface area contributed by atoms with Gasteiger partial charge in [0.15, 0.2) is 0 Å². The van der Waals surface area contributed by atoms with Gasteiger partial charge in [0, 0.05) is 51.2 Å². The number of rotatable bonds is 7. The topological polar surface area (TPSA) is 18.5 Å². The molecule has 130 valence electrons. The van der Waals surface area contributed by atoms with Gasteiger partial charge in [-0.1, -0.05) is 30.4 Å². The summed E-state index contributed by atoms with van der Waals surface area (Å²) in [5.41, 5.74) is 3.73. The minimum Gasteiger partial charge on any atom is -0.394 e. The fourth-order valence-electron chi connectivity index (χ4n) is 2.79. The predicted octanol–water partition coefficient (Wildman–Crippen LogP) is 3.43. The molecule has 1 aromatic rings. The first-order chi connectivity index (χ1) is 11.8. The molecule has 1 N–H and O–H groups in total. The Kier molecular flexibility index (Phi) is 7.99. The van der Waals surface area contributed by atoms with Gasteiger partial charge in [0.25, 0.3) is 0 Å². The van der Waals surface area contributed by atoms with E-state index in [4.69, 9.17) is 0 Å². The summed E-state index contributed by atoms with van der Waals surface area (Å²) < 4.78 is 0. The minimum atomic E-state index is 0.943. The van der Waals surface area contributed by atoms with Crippen LogP contribution in [0.15, 0.2) is 54.3 Å². The maximum Gasteiger partial charge on any atom is 0.0367 e. The zero-order valence-electron chi connectivity index (χ0n) is 14.8. The number of nitrogens with zero attached hydrogens (tertiary/aromatic N) is 2. The van der Waals surface area contributed by atoms with E-state index >= 15 is 0 Å². The highest BCUT2D eigenvalue weighted by Crippen LogP contribution is 2.18. The quantitative estimate of drug-likeness (QED) is 0.584. The number of anilines is 1. The Morgan fingerprint density at radius 2 is 1.83 bits per heavy atom. The SMILES string of the molecule is C/C=C(\C=C/NC)/C=C/c1ccc(N2CCN(CCS)CC2)cc1. The third-order valence-corrected chi connectivity index (χ3v) is 4.49. The van der Waals surface area contributed by atoms with E-state index in [1.165, 1.54) is 16.8 Å². The van der Waals surface area contributed by atoms with E-state index in [9.17, 15) is 0 Å². The van der Waals surface area contributed by atoms with E-state index in [0.29, 0.717) is 0 Å². The van der Waals surface area contributed by atoms with Gasteiger partial charge in [-0.05, 0) is 42.5 Å². The average Bonchev–Trinajstić information content (AvgIpc) is 2.63. The highest BCUT2D eigenvalue weighted by molar-refractivity contribution is 7.80. The zero-order valence-corrected chi connectivity index (χ0v) is 15.7. The molecule has 0 atom stereocenters. The van der Waals surface area contributed by atoms with Crippen LogP contribution >= 0.6 is 12.6 Å². The van der Waals surface area contributed by atoms with Crippen molar-refractivity contribution < 1.29 is 0 Å². The molecular weight excluding hydrogens is 314 g/mol. The van der Waals surface area contributed by atoms with Gasteiger partial charge in [-0.15, -0.1) is 0 Å². The van der Waals surface area contributed by atoms with Gasteiger partial charge in [0.1, 0.15) is 0 Å². The standard InChI is InChI=1S/C20H29N3S/c1-3-18(10-11-21-2)4-5-19-6-8-20(9-7-19)23-14-12-22(13-15-23)16-17-24/h3-11,21,24H,12-17H2,1-2H3/b5-4+,11-10-,18-3-. The fraction of sp³-hybridized carbons (Fsp3) is 0.400. The Morgan fingerprint density at radius 3 is 2.42 bits per heavy atom. The van der Waals surface area contributed by atoms with Crippen LogP contribution in [0.3, 0.4) is 0 Å². The molecule has 0 amide bonds. The lowest BCUT2D eigenvalue weighted by molar-refractivity contribution is 0.273. The summed E-state index contributed by atoms with van der Waals surface area (Å²) in [6.45, 7) is 7.60. The summed E-state index contributed by atoms with van der Waals surface area (Å²) in [7, 11) is 1.91. The van der Waals surface area contributed by atoms with Crippen molar-refractivity contribution in [1.29, 1.82) is 0 Å². The molecule has 0 radical (unpaired) electrons. The summed E-state index contributed by atoms with van der Waals surface area (Å²) in [6, 6.07) is 8.85. The molecule has 1 fully saturated rings. The number of hydrogen-bond donors (Lipinski definition) is 2. The van der Waals surface area contributed by atoms with Crippen molar-refractivity contribution in [3.8, 4) is 0 Å². The van der Waals surface area contributed by atoms with Crippen molar-refractivity contribution in [2.45, 2.75) is 6.92 Å². The van der Waals surface area contributed by atoms with Crippen LogP contribution < -0.4 is 10.2 Å². The number of nitrogens with one attached hydrogen (secondary N) is 1. The smallest absolute Gasteiger partial charge is 0.0367 e. The molecule has 1 heterocycles. The van der Waals surface area contributed by atoms with Gasteiger partial charge < -0.3 is 10.2 Å². The third kappa shape index (κ3) is 5.77. The van der Waals surface area contributed by atoms with E-state index in [-0.39, 0.29) is 0 Å². The summed E-state index contributed by atoms with van der Waals surface area (Å²) in [4.78, 5) is 4.95. The van der Waals surface area contributed by atoms with Crippen molar-refractivity contribution in [3.63, 3.8) is 0 Å². The van der Waals surface area contributed by atoms with Crippen molar-refractivity contribution in [1.82, 2.24) is 10.2 Å². The van der Waals surface area contributed by atoms with Crippen LogP contribution in [-0.2, 0) is 0 Å². The molecule has 0 spiro atoms. The molecule has 1 aliphatic heterocycles. The van der Waals surface area contributed by atoms with Gasteiger partial charge in [-0.25, -0.2) is 0 Å². The molecule has 0 bridgehead atoms. The van der Waals surface area contributed by atoms with E-state index in [0.717, 1.165) is 38.5 Å². The van der Waals surface area contributed by atoms with Crippen LogP contribution in [0.25, 0.3) is 6.08 Å². The van der Waals surface area contributed by atoms with Crippen LogP contribution in [0, 0.1) is 0 Å². The lowest BCUT2D eigenvalue weighted by Crippen LogP contribution is -2.46. The van der Waals surface area contributed by atoms with Crippen LogP contribution in [0.5, 0.6) is 0 Å². The number of piperazine rings is 1. The number of thiol groups is 1. The van der Waals surface area contributed by atoms with Crippen molar-refractivity contribution in [2.75, 3.05) is 50.4 Å². The average molecular weight is 344 g/mol. The Bertz CT molecular complexity index is 567. The molecule has 4 heteroatoms. The summed E-state index contributed by atoms with van der Waals surface area (Å²) in [6.07, 6.45) is 10.4. The number of allylic oxidation sites excluding steroid dienone is 4. The molecule has 1 aromatic carbocycles. The normalized spacial score (nSPS) is 17.1. The van der Waals surface area contributed by atoms with Gasteiger partial charge in [0.2, 0.25) is 0 Å². The predicted molar refractivity (Wildman–Crippen MR) is 110 cm³/mol. The van der Waals surface area contributed by atoms with Gasteiger partial charge in [-0.2, -0.15) is 12.6 Å². The van der Waals surface area contributed by atoms with E-state index in [1.54, 1.807) is 0 Å². The monoisotopic (exact) mass is 343 g/mol. The molecular formula is C20H29N3S. The van der Waals surface area contributed by atoms with Gasteiger partial charge in [0.05, 0.1) is 0 Å². The summed E-state index contributed by atoms with van der Waals surface area (Å²) in [5, 5.41) is 3.02. The summed E-state index contributed by atoms with van der Waals surface area (Å²) >= 11 is 4.32. The lowest BCUT2D eigenvalue weighted by Gasteiger charge is -2.35. The number of hydrogen-bond acceptors (Lipinski definition) is 4. The molecule has 24 heavy (non-hydrogen) atoms. The molecule has 0 aliphatic carbocycles. The second kappa shape index (κ2) is 10.3. The molecule has 0 aromatic heterocycles. The molecule has 2 rings (SSSR count). The third-order valence-electron chi connectivity index (χ3n) is 4.29. The highest BCUT2D eigenvalue weighted by atomic mass is 32.1. The highest BCUT2D eigenvalue weighted by Gasteiger charge is 2.16. The van der Waals surface area contributed by atoms with E-state index < -0.39 is 0 Å². The van der Waals surface area contributed by atoms with E-state index in [1.807, 2.05) is 13.2 Å². The fourth-order valence-corrected chi connectivity index (χ4v) is 3.07. The number of benzene rings is 1. The Morgan fingerprint density at radius 1 is 1.12 bits per heavy atom. The first kappa shape index (κ1) is 18.7.